The third-order valence-electron chi connectivity index (χ3n) is 5.40. The second-order valence-corrected chi connectivity index (χ2v) is 7.59. The minimum absolute atomic E-state index is 0.0442. The van der Waals surface area contributed by atoms with Crippen molar-refractivity contribution >= 4 is 23.2 Å². The second-order valence-electron chi connectivity index (χ2n) is 6.77. The molecular weight excluding hydrogens is 329 g/mol. The zero-order valence-electron chi connectivity index (χ0n) is 13.0. The van der Waals surface area contributed by atoms with Crippen LogP contribution in [0.4, 0.5) is 0 Å². The van der Waals surface area contributed by atoms with Crippen LogP contribution in [0.1, 0.15) is 35.6 Å². The van der Waals surface area contributed by atoms with E-state index in [1.165, 1.54) is 16.7 Å². The number of likely N-dealkylation sites (N-methyl/N-ethyl adjacent to an activating group) is 1. The zero-order valence-corrected chi connectivity index (χ0v) is 14.5. The van der Waals surface area contributed by atoms with Gasteiger partial charge < -0.3 is 5.11 Å². The molecule has 2 nitrogen and oxygen atoms in total. The highest BCUT2D eigenvalue weighted by Crippen LogP contribution is 2.61. The molecule has 0 radical (unpaired) electrons. The molecule has 120 valence electrons. The molecule has 0 unspecified atom stereocenters. The lowest BCUT2D eigenvalue weighted by molar-refractivity contribution is 0.187. The van der Waals surface area contributed by atoms with Crippen LogP contribution in [0.15, 0.2) is 36.4 Å². The monoisotopic (exact) mass is 347 g/mol. The van der Waals surface area contributed by atoms with Gasteiger partial charge in [0.2, 0.25) is 0 Å². The summed E-state index contributed by atoms with van der Waals surface area (Å²) >= 11 is 12.6. The van der Waals surface area contributed by atoms with E-state index in [-0.39, 0.29) is 17.2 Å². The Labute approximate surface area is 146 Å². The maximum atomic E-state index is 10.1. The molecule has 0 aromatic heterocycles. The van der Waals surface area contributed by atoms with Crippen molar-refractivity contribution in [3.8, 4) is 5.75 Å². The van der Waals surface area contributed by atoms with Crippen LogP contribution in [0, 0.1) is 0 Å². The van der Waals surface area contributed by atoms with Crippen molar-refractivity contribution in [3.63, 3.8) is 0 Å². The van der Waals surface area contributed by atoms with E-state index in [0.29, 0.717) is 5.02 Å². The van der Waals surface area contributed by atoms with E-state index >= 15 is 0 Å². The van der Waals surface area contributed by atoms with Gasteiger partial charge in [-0.15, -0.1) is 0 Å². The Bertz CT molecular complexity index is 770. The Kier molecular flexibility index (Phi) is 3.60. The Balaban J connectivity index is 1.87. The second kappa shape index (κ2) is 5.41. The van der Waals surface area contributed by atoms with Crippen molar-refractivity contribution < 1.29 is 5.11 Å². The maximum Gasteiger partial charge on any atom is 0.134 e. The summed E-state index contributed by atoms with van der Waals surface area (Å²) in [7, 11) is 2.16. The van der Waals surface area contributed by atoms with E-state index in [0.717, 1.165) is 30.8 Å². The predicted molar refractivity (Wildman–Crippen MR) is 94.6 cm³/mol. The first-order valence-electron chi connectivity index (χ1n) is 7.99. The molecule has 2 aromatic rings. The van der Waals surface area contributed by atoms with Gasteiger partial charge in [0.05, 0.1) is 5.02 Å². The van der Waals surface area contributed by atoms with Crippen LogP contribution < -0.4 is 0 Å². The molecule has 0 bridgehead atoms. The highest BCUT2D eigenvalue weighted by atomic mass is 35.5. The minimum Gasteiger partial charge on any atom is -0.506 e. The fourth-order valence-corrected chi connectivity index (χ4v) is 4.67. The Morgan fingerprint density at radius 2 is 1.87 bits per heavy atom. The number of nitrogens with zero attached hydrogens (tertiary/aromatic N) is 1. The fourth-order valence-electron chi connectivity index (χ4n) is 4.16. The SMILES string of the molecule is CN1CCc2cc(Cl)c(O)cc2[C@@H]1C1(c2ccccc2Cl)CC1. The smallest absolute Gasteiger partial charge is 0.134 e. The molecule has 1 saturated carbocycles. The van der Waals surface area contributed by atoms with Crippen molar-refractivity contribution in [1.82, 2.24) is 4.90 Å². The Morgan fingerprint density at radius 1 is 1.13 bits per heavy atom. The molecule has 23 heavy (non-hydrogen) atoms. The van der Waals surface area contributed by atoms with Crippen molar-refractivity contribution in [3.05, 3.63) is 63.1 Å². The van der Waals surface area contributed by atoms with Crippen LogP contribution in [0.5, 0.6) is 5.75 Å². The summed E-state index contributed by atoms with van der Waals surface area (Å²) in [5.41, 5.74) is 3.70. The van der Waals surface area contributed by atoms with Gasteiger partial charge in [0.25, 0.3) is 0 Å². The molecule has 1 atom stereocenters. The van der Waals surface area contributed by atoms with Crippen LogP contribution in [0.25, 0.3) is 0 Å². The van der Waals surface area contributed by atoms with Gasteiger partial charge >= 0.3 is 0 Å². The zero-order chi connectivity index (χ0) is 16.2. The van der Waals surface area contributed by atoms with Crippen LogP contribution in [-0.4, -0.2) is 23.6 Å². The summed E-state index contributed by atoms with van der Waals surface area (Å²) in [4.78, 5) is 2.39. The Morgan fingerprint density at radius 3 is 2.57 bits per heavy atom. The Hall–Kier alpha value is -1.22. The summed E-state index contributed by atoms with van der Waals surface area (Å²) in [6.45, 7) is 0.991. The lowest BCUT2D eigenvalue weighted by atomic mass is 9.78. The number of hydrogen-bond donors (Lipinski definition) is 1. The highest BCUT2D eigenvalue weighted by molar-refractivity contribution is 6.32. The van der Waals surface area contributed by atoms with Gasteiger partial charge in [-0.2, -0.15) is 0 Å². The lowest BCUT2D eigenvalue weighted by Gasteiger charge is -2.41. The number of halogens is 2. The molecule has 1 aliphatic heterocycles. The number of phenolic OH excluding ortho intramolecular Hbond substituents is 1. The molecule has 1 heterocycles. The number of hydrogen-bond acceptors (Lipinski definition) is 2. The van der Waals surface area contributed by atoms with Gasteiger partial charge in [-0.3, -0.25) is 4.90 Å². The van der Waals surface area contributed by atoms with Crippen molar-refractivity contribution in [2.45, 2.75) is 30.7 Å². The third kappa shape index (κ3) is 2.36. The first kappa shape index (κ1) is 15.3. The molecular formula is C19H19Cl2NO. The van der Waals surface area contributed by atoms with E-state index in [9.17, 15) is 5.11 Å². The largest absolute Gasteiger partial charge is 0.506 e. The van der Waals surface area contributed by atoms with Gasteiger partial charge in [-0.25, -0.2) is 0 Å². The van der Waals surface area contributed by atoms with Gasteiger partial charge in [0.15, 0.2) is 0 Å². The molecule has 4 heteroatoms. The van der Waals surface area contributed by atoms with Gasteiger partial charge in [-0.1, -0.05) is 41.4 Å². The number of phenols is 1. The number of fused-ring (bicyclic) bond motifs is 1. The van der Waals surface area contributed by atoms with Crippen LogP contribution in [0.3, 0.4) is 0 Å². The number of aromatic hydroxyl groups is 1. The van der Waals surface area contributed by atoms with Crippen molar-refractivity contribution in [2.75, 3.05) is 13.6 Å². The van der Waals surface area contributed by atoms with Crippen molar-refractivity contribution in [1.29, 1.82) is 0 Å². The molecule has 0 spiro atoms. The average molecular weight is 348 g/mol. The van der Waals surface area contributed by atoms with Crippen LogP contribution in [0.2, 0.25) is 10.0 Å². The standard InChI is InChI=1S/C19H19Cl2NO/c1-22-9-6-12-10-16(21)17(23)11-13(12)18(22)19(7-8-19)14-4-2-3-5-15(14)20/h2-5,10-11,18,23H,6-9H2,1H3/t18-/m1/s1. The van der Waals surface area contributed by atoms with E-state index in [1.54, 1.807) is 0 Å². The summed E-state index contributed by atoms with van der Waals surface area (Å²) in [5.74, 6) is 0.167. The van der Waals surface area contributed by atoms with E-state index in [2.05, 4.69) is 24.1 Å². The normalized spacial score (nSPS) is 22.7. The van der Waals surface area contributed by atoms with Gasteiger partial charge in [0, 0.05) is 23.0 Å². The molecule has 1 aliphatic carbocycles. The van der Waals surface area contributed by atoms with E-state index < -0.39 is 0 Å². The topological polar surface area (TPSA) is 23.5 Å². The lowest BCUT2D eigenvalue weighted by Crippen LogP contribution is -2.39. The fraction of sp³-hybridized carbons (Fsp3) is 0.368. The van der Waals surface area contributed by atoms with Crippen LogP contribution >= 0.6 is 23.2 Å². The van der Waals surface area contributed by atoms with Gasteiger partial charge in [0.1, 0.15) is 5.75 Å². The number of rotatable bonds is 2. The molecule has 1 N–H and O–H groups in total. The van der Waals surface area contributed by atoms with E-state index in [1.807, 2.05) is 24.3 Å². The van der Waals surface area contributed by atoms with E-state index in [4.69, 9.17) is 23.2 Å². The quantitative estimate of drug-likeness (QED) is 0.829. The summed E-state index contributed by atoms with van der Waals surface area (Å²) < 4.78 is 0. The first-order valence-corrected chi connectivity index (χ1v) is 8.75. The average Bonchev–Trinajstić information content (AvgIpc) is 3.30. The molecule has 2 aromatic carbocycles. The minimum atomic E-state index is 0.0442. The first-order chi connectivity index (χ1) is 11.0. The summed E-state index contributed by atoms with van der Waals surface area (Å²) in [5, 5.41) is 11.4. The highest BCUT2D eigenvalue weighted by Gasteiger charge is 2.54. The molecule has 1 fully saturated rings. The van der Waals surface area contributed by atoms with Crippen molar-refractivity contribution in [2.24, 2.45) is 0 Å². The predicted octanol–water partition coefficient (Wildman–Crippen LogP) is 4.96. The third-order valence-corrected chi connectivity index (χ3v) is 6.03. The molecule has 0 amide bonds. The maximum absolute atomic E-state index is 10.1. The summed E-state index contributed by atoms with van der Waals surface area (Å²) in [6.07, 6.45) is 3.20. The summed E-state index contributed by atoms with van der Waals surface area (Å²) in [6, 6.07) is 12.2. The molecule has 4 rings (SSSR count). The number of benzene rings is 2. The molecule has 0 saturated heterocycles. The molecule has 2 aliphatic rings. The van der Waals surface area contributed by atoms with Crippen LogP contribution in [-0.2, 0) is 11.8 Å². The van der Waals surface area contributed by atoms with Gasteiger partial charge in [-0.05, 0) is 61.2 Å².